The maximum absolute atomic E-state index is 13.2. The molecule has 1 saturated heterocycles. The van der Waals surface area contributed by atoms with Gasteiger partial charge in [0.15, 0.2) is 0 Å². The van der Waals surface area contributed by atoms with Crippen molar-refractivity contribution in [1.82, 2.24) is 0 Å². The molecule has 1 N–H and O–H groups in total. The van der Waals surface area contributed by atoms with Gasteiger partial charge in [0.2, 0.25) is 0 Å². The smallest absolute Gasteiger partial charge is 0.507 e. The van der Waals surface area contributed by atoms with Crippen LogP contribution >= 0.6 is 0 Å². The number of aryl methyl sites for hydroxylation is 1. The fourth-order valence-corrected chi connectivity index (χ4v) is 4.12. The van der Waals surface area contributed by atoms with Crippen molar-refractivity contribution in [1.29, 1.82) is 0 Å². The average Bonchev–Trinajstić information content (AvgIpc) is 3.09. The van der Waals surface area contributed by atoms with Gasteiger partial charge in [0.1, 0.15) is 17.3 Å². The lowest BCUT2D eigenvalue weighted by Crippen LogP contribution is -2.29. The van der Waals surface area contributed by atoms with E-state index in [2.05, 4.69) is 4.74 Å². The number of ether oxygens (including phenoxy) is 2. The Morgan fingerprint density at radius 1 is 0.972 bits per heavy atom. The van der Waals surface area contributed by atoms with Crippen LogP contribution in [-0.4, -0.2) is 29.8 Å². The molecule has 4 rings (SSSR count). The van der Waals surface area contributed by atoms with Crippen molar-refractivity contribution < 1.29 is 37.3 Å². The molecular weight excluding hydrogens is 475 g/mol. The van der Waals surface area contributed by atoms with E-state index in [1.165, 1.54) is 12.1 Å². The van der Waals surface area contributed by atoms with Crippen molar-refractivity contribution in [3.63, 3.8) is 0 Å². The number of nitrogens with zero attached hydrogens (tertiary/aromatic N) is 1. The third-order valence-corrected chi connectivity index (χ3v) is 5.57. The Hall–Kier alpha value is -4.27. The van der Waals surface area contributed by atoms with Gasteiger partial charge in [-0.25, -0.2) is 0 Å². The van der Waals surface area contributed by atoms with Crippen LogP contribution in [0.15, 0.2) is 78.4 Å². The molecule has 3 aromatic carbocycles. The minimum Gasteiger partial charge on any atom is -0.507 e. The van der Waals surface area contributed by atoms with Gasteiger partial charge in [0.05, 0.1) is 18.2 Å². The number of alkyl halides is 3. The molecule has 0 bridgehead atoms. The zero-order chi connectivity index (χ0) is 26.0. The topological polar surface area (TPSA) is 76.1 Å². The van der Waals surface area contributed by atoms with Gasteiger partial charge in [-0.2, -0.15) is 0 Å². The summed E-state index contributed by atoms with van der Waals surface area (Å²) in [6.07, 6.45) is -4.93. The first kappa shape index (κ1) is 24.8. The van der Waals surface area contributed by atoms with Crippen molar-refractivity contribution >= 4 is 23.1 Å². The van der Waals surface area contributed by atoms with Gasteiger partial charge in [-0.05, 0) is 55.8 Å². The van der Waals surface area contributed by atoms with Crippen molar-refractivity contribution in [2.45, 2.75) is 26.3 Å². The van der Waals surface area contributed by atoms with E-state index in [1.807, 2.05) is 19.9 Å². The fourth-order valence-electron chi connectivity index (χ4n) is 4.12. The molecule has 186 valence electrons. The number of benzene rings is 3. The van der Waals surface area contributed by atoms with E-state index in [9.17, 15) is 27.9 Å². The summed E-state index contributed by atoms with van der Waals surface area (Å²) in [5.41, 5.74) is 1.44. The Bertz CT molecular complexity index is 1330. The maximum atomic E-state index is 13.2. The molecule has 1 atom stereocenters. The van der Waals surface area contributed by atoms with E-state index in [-0.39, 0.29) is 16.8 Å². The molecule has 1 aliphatic heterocycles. The molecule has 36 heavy (non-hydrogen) atoms. The summed E-state index contributed by atoms with van der Waals surface area (Å²) >= 11 is 0. The number of amides is 1. The average molecular weight is 497 g/mol. The number of halogens is 3. The van der Waals surface area contributed by atoms with Crippen LogP contribution in [0.1, 0.15) is 29.7 Å². The SMILES string of the molecule is CCOc1ccc(/C(O)=C2\C(=O)C(=O)N(c3cccc(OC(F)(F)F)c3)C2c2cccc(C)c2)cc1. The van der Waals surface area contributed by atoms with E-state index < -0.39 is 35.6 Å². The van der Waals surface area contributed by atoms with E-state index in [4.69, 9.17) is 4.74 Å². The molecule has 1 amide bonds. The maximum Gasteiger partial charge on any atom is 0.573 e. The highest BCUT2D eigenvalue weighted by Gasteiger charge is 2.47. The molecule has 0 aliphatic carbocycles. The van der Waals surface area contributed by atoms with E-state index >= 15 is 0 Å². The first-order chi connectivity index (χ1) is 17.1. The summed E-state index contributed by atoms with van der Waals surface area (Å²) in [6, 6.07) is 17.0. The second-order valence-electron chi connectivity index (χ2n) is 8.09. The zero-order valence-electron chi connectivity index (χ0n) is 19.4. The number of carbonyl (C=O) groups is 2. The van der Waals surface area contributed by atoms with Crippen LogP contribution < -0.4 is 14.4 Å². The number of hydrogen-bond donors (Lipinski definition) is 1. The van der Waals surface area contributed by atoms with Crippen LogP contribution in [0.3, 0.4) is 0 Å². The lowest BCUT2D eigenvalue weighted by Gasteiger charge is -2.26. The van der Waals surface area contributed by atoms with Gasteiger partial charge in [0.25, 0.3) is 11.7 Å². The largest absolute Gasteiger partial charge is 0.573 e. The minimum absolute atomic E-state index is 0.0103. The van der Waals surface area contributed by atoms with E-state index in [0.29, 0.717) is 17.9 Å². The molecule has 0 radical (unpaired) electrons. The van der Waals surface area contributed by atoms with Gasteiger partial charge < -0.3 is 14.6 Å². The monoisotopic (exact) mass is 497 g/mol. The van der Waals surface area contributed by atoms with Crippen LogP contribution in [0.2, 0.25) is 0 Å². The second-order valence-corrected chi connectivity index (χ2v) is 8.09. The number of anilines is 1. The third kappa shape index (κ3) is 5.05. The Labute approximate surface area is 205 Å². The fraction of sp³-hybridized carbons (Fsp3) is 0.185. The summed E-state index contributed by atoms with van der Waals surface area (Å²) in [4.78, 5) is 27.5. The van der Waals surface area contributed by atoms with Crippen LogP contribution in [0.4, 0.5) is 18.9 Å². The quantitative estimate of drug-likeness (QED) is 0.260. The lowest BCUT2D eigenvalue weighted by molar-refractivity contribution is -0.274. The van der Waals surface area contributed by atoms with Gasteiger partial charge in [0, 0.05) is 17.3 Å². The Morgan fingerprint density at radius 2 is 1.67 bits per heavy atom. The van der Waals surface area contributed by atoms with Crippen molar-refractivity contribution in [3.8, 4) is 11.5 Å². The molecular formula is C27H22F3NO5. The minimum atomic E-state index is -4.93. The van der Waals surface area contributed by atoms with Crippen LogP contribution in [0.25, 0.3) is 5.76 Å². The molecule has 1 fully saturated rings. The Balaban J connectivity index is 1.87. The Kier molecular flexibility index (Phi) is 6.74. The summed E-state index contributed by atoms with van der Waals surface area (Å²) < 4.78 is 47.8. The summed E-state index contributed by atoms with van der Waals surface area (Å²) in [5.74, 6) is -2.34. The number of carbonyl (C=O) groups excluding carboxylic acids is 2. The molecule has 1 aliphatic rings. The highest BCUT2D eigenvalue weighted by Crippen LogP contribution is 2.43. The molecule has 1 unspecified atom stereocenters. The molecule has 9 heteroatoms. The predicted molar refractivity (Wildman–Crippen MR) is 127 cm³/mol. The standard InChI is InChI=1S/C27H22F3NO5/c1-3-35-20-12-10-17(11-13-20)24(32)22-23(18-7-4-6-16(2)14-18)31(26(34)25(22)33)19-8-5-9-21(15-19)36-27(28,29)30/h4-15,23,32H,3H2,1-2H3/b24-22+. The molecule has 0 spiro atoms. The Morgan fingerprint density at radius 3 is 2.31 bits per heavy atom. The second kappa shape index (κ2) is 9.77. The van der Waals surface area contributed by atoms with Crippen LogP contribution in [-0.2, 0) is 9.59 Å². The first-order valence-electron chi connectivity index (χ1n) is 11.1. The number of Topliss-reactive ketones (excluding diaryl/α,β-unsaturated/α-hetero) is 1. The van der Waals surface area contributed by atoms with Crippen molar-refractivity contribution in [2.75, 3.05) is 11.5 Å². The highest BCUT2D eigenvalue weighted by molar-refractivity contribution is 6.51. The summed E-state index contributed by atoms with van der Waals surface area (Å²) in [5, 5.41) is 11.2. The van der Waals surface area contributed by atoms with Gasteiger partial charge in [-0.1, -0.05) is 35.9 Å². The normalized spacial score (nSPS) is 17.4. The molecule has 1 heterocycles. The number of hydrogen-bond acceptors (Lipinski definition) is 5. The van der Waals surface area contributed by atoms with E-state index in [0.717, 1.165) is 22.6 Å². The molecule has 0 aromatic heterocycles. The molecule has 0 saturated carbocycles. The summed E-state index contributed by atoms with van der Waals surface area (Å²) in [7, 11) is 0. The lowest BCUT2D eigenvalue weighted by atomic mass is 9.94. The van der Waals surface area contributed by atoms with Gasteiger partial charge in [-0.3, -0.25) is 14.5 Å². The number of ketones is 1. The summed E-state index contributed by atoms with van der Waals surface area (Å²) in [6.45, 7) is 4.09. The molecule has 3 aromatic rings. The predicted octanol–water partition coefficient (Wildman–Crippen LogP) is 5.92. The molecule has 6 nitrogen and oxygen atoms in total. The zero-order valence-corrected chi connectivity index (χ0v) is 19.4. The van der Waals surface area contributed by atoms with Crippen molar-refractivity contribution in [3.05, 3.63) is 95.1 Å². The highest BCUT2D eigenvalue weighted by atomic mass is 19.4. The number of rotatable bonds is 6. The van der Waals surface area contributed by atoms with Crippen molar-refractivity contribution in [2.24, 2.45) is 0 Å². The van der Waals surface area contributed by atoms with Gasteiger partial charge >= 0.3 is 6.36 Å². The van der Waals surface area contributed by atoms with Crippen LogP contribution in [0, 0.1) is 6.92 Å². The van der Waals surface area contributed by atoms with Crippen LogP contribution in [0.5, 0.6) is 11.5 Å². The third-order valence-electron chi connectivity index (χ3n) is 5.57. The van der Waals surface area contributed by atoms with Gasteiger partial charge in [-0.15, -0.1) is 13.2 Å². The first-order valence-corrected chi connectivity index (χ1v) is 11.1. The number of aliphatic hydroxyl groups is 1. The van der Waals surface area contributed by atoms with E-state index in [1.54, 1.807) is 42.5 Å². The number of aliphatic hydroxyl groups excluding tert-OH is 1.